The van der Waals surface area contributed by atoms with E-state index in [0.29, 0.717) is 6.42 Å². The summed E-state index contributed by atoms with van der Waals surface area (Å²) in [5, 5.41) is 2.61. The quantitative estimate of drug-likeness (QED) is 0.848. The van der Waals surface area contributed by atoms with E-state index in [9.17, 15) is 13.2 Å². The Balaban J connectivity index is 2.86. The molecule has 1 aromatic rings. The number of halogens is 3. The zero-order chi connectivity index (χ0) is 13.6. The summed E-state index contributed by atoms with van der Waals surface area (Å²) in [5.41, 5.74) is 0.222. The molecule has 5 heteroatoms. The van der Waals surface area contributed by atoms with Crippen LogP contribution in [-0.4, -0.2) is 25.9 Å². The zero-order valence-corrected chi connectivity index (χ0v) is 10.5. The minimum Gasteiger partial charge on any atom is -0.383 e. The number of hydrogen-bond donors (Lipinski definition) is 1. The molecule has 0 amide bonds. The number of ether oxygens (including phenoxy) is 1. The van der Waals surface area contributed by atoms with Crippen molar-refractivity contribution in [3.63, 3.8) is 0 Å². The van der Waals surface area contributed by atoms with Crippen molar-refractivity contribution in [2.75, 3.05) is 13.7 Å². The van der Waals surface area contributed by atoms with Crippen LogP contribution < -0.4 is 5.32 Å². The Morgan fingerprint density at radius 2 is 1.83 bits per heavy atom. The van der Waals surface area contributed by atoms with Gasteiger partial charge in [0, 0.05) is 13.2 Å². The van der Waals surface area contributed by atoms with Gasteiger partial charge in [0.1, 0.15) is 6.04 Å². The first-order valence-corrected chi connectivity index (χ1v) is 5.85. The zero-order valence-electron chi connectivity index (χ0n) is 10.5. The maximum Gasteiger partial charge on any atom is 0.407 e. The Morgan fingerprint density at radius 3 is 2.28 bits per heavy atom. The van der Waals surface area contributed by atoms with E-state index in [1.54, 1.807) is 18.2 Å². The molecule has 0 saturated carbocycles. The van der Waals surface area contributed by atoms with E-state index in [-0.39, 0.29) is 18.2 Å². The van der Waals surface area contributed by atoms with Crippen molar-refractivity contribution in [2.24, 2.45) is 0 Å². The normalized spacial score (nSPS) is 15.4. The van der Waals surface area contributed by atoms with Crippen molar-refractivity contribution >= 4 is 0 Å². The maximum atomic E-state index is 13.0. The van der Waals surface area contributed by atoms with Gasteiger partial charge >= 0.3 is 6.18 Å². The second-order valence-electron chi connectivity index (χ2n) is 4.11. The lowest BCUT2D eigenvalue weighted by atomic mass is 10.0. The summed E-state index contributed by atoms with van der Waals surface area (Å²) in [7, 11) is 1.48. The van der Waals surface area contributed by atoms with Gasteiger partial charge in [0.25, 0.3) is 0 Å². The molecular weight excluding hydrogens is 243 g/mol. The number of methoxy groups -OCH3 is 1. The van der Waals surface area contributed by atoms with Crippen LogP contribution in [0.4, 0.5) is 13.2 Å². The fourth-order valence-electron chi connectivity index (χ4n) is 1.75. The third kappa shape index (κ3) is 4.31. The molecule has 0 bridgehead atoms. The second-order valence-corrected chi connectivity index (χ2v) is 4.11. The largest absolute Gasteiger partial charge is 0.407 e. The van der Waals surface area contributed by atoms with Gasteiger partial charge < -0.3 is 4.74 Å². The SMILES string of the molecule is CCC(COC)NC(c1ccccc1)C(F)(F)F. The monoisotopic (exact) mass is 261 g/mol. The first kappa shape index (κ1) is 15.0. The molecular formula is C13H18F3NO. The van der Waals surface area contributed by atoms with Crippen LogP contribution in [0.2, 0.25) is 0 Å². The summed E-state index contributed by atoms with van der Waals surface area (Å²) in [5.74, 6) is 0. The van der Waals surface area contributed by atoms with Crippen LogP contribution in [0.1, 0.15) is 24.9 Å². The highest BCUT2D eigenvalue weighted by molar-refractivity contribution is 5.20. The smallest absolute Gasteiger partial charge is 0.383 e. The molecule has 18 heavy (non-hydrogen) atoms. The van der Waals surface area contributed by atoms with Crippen molar-refractivity contribution in [1.82, 2.24) is 5.32 Å². The second kappa shape index (κ2) is 6.75. The average molecular weight is 261 g/mol. The molecule has 1 rings (SSSR count). The van der Waals surface area contributed by atoms with Gasteiger partial charge in [-0.2, -0.15) is 13.2 Å². The number of rotatable bonds is 6. The molecule has 0 fully saturated rings. The molecule has 0 aliphatic rings. The van der Waals surface area contributed by atoms with Crippen LogP contribution in [-0.2, 0) is 4.74 Å². The van der Waals surface area contributed by atoms with Crippen LogP contribution in [0.15, 0.2) is 30.3 Å². The van der Waals surface area contributed by atoms with Gasteiger partial charge in [0.2, 0.25) is 0 Å². The third-order valence-corrected chi connectivity index (χ3v) is 2.72. The van der Waals surface area contributed by atoms with E-state index in [0.717, 1.165) is 0 Å². The first-order chi connectivity index (χ1) is 8.49. The molecule has 2 nitrogen and oxygen atoms in total. The van der Waals surface area contributed by atoms with Gasteiger partial charge in [0.05, 0.1) is 6.61 Å². The molecule has 102 valence electrons. The summed E-state index contributed by atoms with van der Waals surface area (Å²) < 4.78 is 44.0. The maximum absolute atomic E-state index is 13.0. The third-order valence-electron chi connectivity index (χ3n) is 2.72. The lowest BCUT2D eigenvalue weighted by Gasteiger charge is -2.27. The van der Waals surface area contributed by atoms with Gasteiger partial charge in [-0.3, -0.25) is 5.32 Å². The van der Waals surface area contributed by atoms with Crippen molar-refractivity contribution in [3.05, 3.63) is 35.9 Å². The highest BCUT2D eigenvalue weighted by Gasteiger charge is 2.41. The molecule has 0 aliphatic carbocycles. The Morgan fingerprint density at radius 1 is 1.22 bits per heavy atom. The fourth-order valence-corrected chi connectivity index (χ4v) is 1.75. The molecule has 1 aromatic carbocycles. The Hall–Kier alpha value is -1.07. The highest BCUT2D eigenvalue weighted by atomic mass is 19.4. The minimum absolute atomic E-state index is 0.222. The Kier molecular flexibility index (Phi) is 5.62. The lowest BCUT2D eigenvalue weighted by Crippen LogP contribution is -2.42. The molecule has 0 spiro atoms. The number of hydrogen-bond acceptors (Lipinski definition) is 2. The average Bonchev–Trinajstić information content (AvgIpc) is 2.34. The lowest BCUT2D eigenvalue weighted by molar-refractivity contribution is -0.160. The molecule has 0 heterocycles. The molecule has 2 atom stereocenters. The number of nitrogens with one attached hydrogen (secondary N) is 1. The van der Waals surface area contributed by atoms with Crippen molar-refractivity contribution in [2.45, 2.75) is 31.6 Å². The summed E-state index contributed by atoms with van der Waals surface area (Å²) >= 11 is 0. The summed E-state index contributed by atoms with van der Waals surface area (Å²) in [6.07, 6.45) is -3.74. The van der Waals surface area contributed by atoms with Crippen LogP contribution in [0.25, 0.3) is 0 Å². The van der Waals surface area contributed by atoms with Crippen LogP contribution in [0.5, 0.6) is 0 Å². The molecule has 1 N–H and O–H groups in total. The van der Waals surface area contributed by atoms with Gasteiger partial charge in [-0.05, 0) is 12.0 Å². The standard InChI is InChI=1S/C13H18F3NO/c1-3-11(9-18-2)17-12(13(14,15)16)10-7-5-4-6-8-10/h4-8,11-12,17H,3,9H2,1-2H3. The minimum atomic E-state index is -4.32. The molecule has 0 aromatic heterocycles. The molecule has 0 saturated heterocycles. The molecule has 0 radical (unpaired) electrons. The van der Waals surface area contributed by atoms with Crippen LogP contribution in [0.3, 0.4) is 0 Å². The van der Waals surface area contributed by atoms with Crippen molar-refractivity contribution in [1.29, 1.82) is 0 Å². The predicted octanol–water partition coefficient (Wildman–Crippen LogP) is 3.30. The van der Waals surface area contributed by atoms with Gasteiger partial charge in [0.15, 0.2) is 0 Å². The van der Waals surface area contributed by atoms with Crippen molar-refractivity contribution < 1.29 is 17.9 Å². The van der Waals surface area contributed by atoms with E-state index in [1.165, 1.54) is 19.2 Å². The summed E-state index contributed by atoms with van der Waals surface area (Å²) in [6.45, 7) is 2.09. The highest BCUT2D eigenvalue weighted by Crippen LogP contribution is 2.33. The number of benzene rings is 1. The predicted molar refractivity (Wildman–Crippen MR) is 64.3 cm³/mol. The van der Waals surface area contributed by atoms with Crippen LogP contribution in [0, 0.1) is 0 Å². The van der Waals surface area contributed by atoms with Crippen molar-refractivity contribution in [3.8, 4) is 0 Å². The fraction of sp³-hybridized carbons (Fsp3) is 0.538. The topological polar surface area (TPSA) is 21.3 Å². The van der Waals surface area contributed by atoms with E-state index in [2.05, 4.69) is 5.32 Å². The summed E-state index contributed by atoms with van der Waals surface area (Å²) in [4.78, 5) is 0. The van der Waals surface area contributed by atoms with E-state index in [1.807, 2.05) is 6.92 Å². The van der Waals surface area contributed by atoms with E-state index < -0.39 is 12.2 Å². The van der Waals surface area contributed by atoms with Gasteiger partial charge in [-0.25, -0.2) is 0 Å². The number of alkyl halides is 3. The van der Waals surface area contributed by atoms with Gasteiger partial charge in [-0.1, -0.05) is 37.3 Å². The molecule has 2 unspecified atom stereocenters. The van der Waals surface area contributed by atoms with E-state index >= 15 is 0 Å². The first-order valence-electron chi connectivity index (χ1n) is 5.85. The van der Waals surface area contributed by atoms with E-state index in [4.69, 9.17) is 4.74 Å². The Labute approximate surface area is 105 Å². The molecule has 0 aliphatic heterocycles. The Bertz CT molecular complexity index is 340. The van der Waals surface area contributed by atoms with Gasteiger partial charge in [-0.15, -0.1) is 0 Å². The summed E-state index contributed by atoms with van der Waals surface area (Å²) in [6, 6.07) is 5.89. The van der Waals surface area contributed by atoms with Crippen LogP contribution >= 0.6 is 0 Å².